The fraction of sp³-hybridized carbons (Fsp3) is 0.545. The van der Waals surface area contributed by atoms with Gasteiger partial charge in [0.2, 0.25) is 0 Å². The number of rotatable bonds is 2. The number of pyridine rings is 1. The molecule has 0 radical (unpaired) electrons. The number of hydrogen-bond acceptors (Lipinski definition) is 2. The minimum atomic E-state index is 0.844. The van der Waals surface area contributed by atoms with Crippen molar-refractivity contribution < 1.29 is 0 Å². The fourth-order valence-corrected chi connectivity index (χ4v) is 2.75. The maximum absolute atomic E-state index is 4.42. The van der Waals surface area contributed by atoms with Crippen LogP contribution in [0.2, 0.25) is 0 Å². The van der Waals surface area contributed by atoms with Crippen molar-refractivity contribution in [2.24, 2.45) is 5.92 Å². The molecule has 0 aliphatic carbocycles. The standard InChI is InChI=1S/C11H14Br2N2/c12-7-9-3-5-15(6-4-9)11-2-1-10(13)8-14-11/h1-2,8-9H,3-7H2. The zero-order valence-electron chi connectivity index (χ0n) is 8.50. The lowest BCUT2D eigenvalue weighted by atomic mass is 9.99. The summed E-state index contributed by atoms with van der Waals surface area (Å²) in [5.74, 6) is 1.95. The third kappa shape index (κ3) is 2.94. The molecule has 0 saturated carbocycles. The van der Waals surface area contributed by atoms with Gasteiger partial charge in [0, 0.05) is 29.1 Å². The first kappa shape index (κ1) is 11.4. The topological polar surface area (TPSA) is 16.1 Å². The van der Waals surface area contributed by atoms with Crippen LogP contribution in [-0.4, -0.2) is 23.4 Å². The lowest BCUT2D eigenvalue weighted by Gasteiger charge is -2.31. The molecular weight excluding hydrogens is 320 g/mol. The van der Waals surface area contributed by atoms with Crippen LogP contribution in [0, 0.1) is 5.92 Å². The van der Waals surface area contributed by atoms with E-state index in [4.69, 9.17) is 0 Å². The fourth-order valence-electron chi connectivity index (χ4n) is 1.87. The average Bonchev–Trinajstić information content (AvgIpc) is 2.30. The molecule has 1 aromatic heterocycles. The van der Waals surface area contributed by atoms with E-state index in [1.165, 1.54) is 12.8 Å². The van der Waals surface area contributed by atoms with Gasteiger partial charge in [0.15, 0.2) is 0 Å². The Kier molecular flexibility index (Phi) is 4.03. The van der Waals surface area contributed by atoms with Crippen molar-refractivity contribution in [1.29, 1.82) is 0 Å². The monoisotopic (exact) mass is 332 g/mol. The Morgan fingerprint density at radius 3 is 2.60 bits per heavy atom. The Morgan fingerprint density at radius 2 is 2.07 bits per heavy atom. The summed E-state index contributed by atoms with van der Waals surface area (Å²) < 4.78 is 1.04. The number of hydrogen-bond donors (Lipinski definition) is 0. The minimum Gasteiger partial charge on any atom is -0.357 e. The second kappa shape index (κ2) is 5.30. The van der Waals surface area contributed by atoms with Crippen LogP contribution >= 0.6 is 31.9 Å². The lowest BCUT2D eigenvalue weighted by molar-refractivity contribution is 0.445. The van der Waals surface area contributed by atoms with Crippen molar-refractivity contribution in [1.82, 2.24) is 4.98 Å². The van der Waals surface area contributed by atoms with Gasteiger partial charge in [0.1, 0.15) is 5.82 Å². The highest BCUT2D eigenvalue weighted by Gasteiger charge is 2.18. The molecule has 4 heteroatoms. The quantitative estimate of drug-likeness (QED) is 0.770. The first-order valence-corrected chi connectivity index (χ1v) is 7.13. The van der Waals surface area contributed by atoms with Gasteiger partial charge in [-0.15, -0.1) is 0 Å². The van der Waals surface area contributed by atoms with Crippen LogP contribution in [-0.2, 0) is 0 Å². The molecule has 1 aliphatic heterocycles. The molecule has 2 nitrogen and oxygen atoms in total. The van der Waals surface area contributed by atoms with Gasteiger partial charge in [-0.3, -0.25) is 0 Å². The summed E-state index contributed by atoms with van der Waals surface area (Å²) in [5, 5.41) is 1.13. The SMILES string of the molecule is BrCC1CCN(c2ccc(Br)cn2)CC1. The predicted molar refractivity (Wildman–Crippen MR) is 70.7 cm³/mol. The summed E-state index contributed by atoms with van der Waals surface area (Å²) in [6.07, 6.45) is 4.40. The van der Waals surface area contributed by atoms with Gasteiger partial charge in [-0.25, -0.2) is 4.98 Å². The highest BCUT2D eigenvalue weighted by atomic mass is 79.9. The van der Waals surface area contributed by atoms with E-state index >= 15 is 0 Å². The molecular formula is C11H14Br2N2. The molecule has 0 aromatic carbocycles. The van der Waals surface area contributed by atoms with E-state index in [9.17, 15) is 0 Å². The summed E-state index contributed by atoms with van der Waals surface area (Å²) in [6, 6.07) is 4.14. The van der Waals surface area contributed by atoms with Crippen LogP contribution in [0.4, 0.5) is 5.82 Å². The maximum Gasteiger partial charge on any atom is 0.128 e. The predicted octanol–water partition coefficient (Wildman–Crippen LogP) is 3.46. The van der Waals surface area contributed by atoms with E-state index in [0.717, 1.165) is 34.6 Å². The molecule has 0 atom stereocenters. The largest absolute Gasteiger partial charge is 0.357 e. The zero-order valence-corrected chi connectivity index (χ0v) is 11.7. The first-order chi connectivity index (χ1) is 7.29. The van der Waals surface area contributed by atoms with Crippen LogP contribution in [0.15, 0.2) is 22.8 Å². The third-order valence-electron chi connectivity index (χ3n) is 2.87. The zero-order chi connectivity index (χ0) is 10.7. The Balaban J connectivity index is 1.98. The van der Waals surface area contributed by atoms with Crippen molar-refractivity contribution in [2.45, 2.75) is 12.8 Å². The number of halogens is 2. The molecule has 0 bridgehead atoms. The number of aromatic nitrogens is 1. The summed E-state index contributed by atoms with van der Waals surface area (Å²) in [7, 11) is 0. The molecule has 2 rings (SSSR count). The van der Waals surface area contributed by atoms with Crippen LogP contribution < -0.4 is 4.90 Å². The van der Waals surface area contributed by atoms with Crippen molar-refractivity contribution in [2.75, 3.05) is 23.3 Å². The Bertz CT molecular complexity index is 305. The molecule has 1 saturated heterocycles. The van der Waals surface area contributed by atoms with E-state index < -0.39 is 0 Å². The molecule has 82 valence electrons. The van der Waals surface area contributed by atoms with Gasteiger partial charge >= 0.3 is 0 Å². The molecule has 0 amide bonds. The molecule has 15 heavy (non-hydrogen) atoms. The Morgan fingerprint density at radius 1 is 1.33 bits per heavy atom. The van der Waals surface area contributed by atoms with Gasteiger partial charge in [-0.2, -0.15) is 0 Å². The molecule has 2 heterocycles. The number of nitrogens with zero attached hydrogens (tertiary/aromatic N) is 2. The number of alkyl halides is 1. The molecule has 1 aromatic rings. The van der Waals surface area contributed by atoms with E-state index in [0.29, 0.717) is 0 Å². The summed E-state index contributed by atoms with van der Waals surface area (Å²) in [4.78, 5) is 6.79. The summed E-state index contributed by atoms with van der Waals surface area (Å²) >= 11 is 6.96. The van der Waals surface area contributed by atoms with Crippen molar-refractivity contribution in [3.8, 4) is 0 Å². The number of anilines is 1. The lowest BCUT2D eigenvalue weighted by Crippen LogP contribution is -2.34. The molecule has 0 N–H and O–H groups in total. The van der Waals surface area contributed by atoms with E-state index in [1.54, 1.807) is 0 Å². The average molecular weight is 334 g/mol. The minimum absolute atomic E-state index is 0.844. The van der Waals surface area contributed by atoms with Crippen molar-refractivity contribution >= 4 is 37.7 Å². The first-order valence-electron chi connectivity index (χ1n) is 5.22. The Hall–Kier alpha value is -0.0900. The molecule has 1 aliphatic rings. The van der Waals surface area contributed by atoms with Gasteiger partial charge in [0.05, 0.1) is 0 Å². The van der Waals surface area contributed by atoms with E-state index in [2.05, 4.69) is 53.9 Å². The van der Waals surface area contributed by atoms with Gasteiger partial charge in [0.25, 0.3) is 0 Å². The second-order valence-corrected chi connectivity index (χ2v) is 5.48. The highest BCUT2D eigenvalue weighted by molar-refractivity contribution is 9.10. The van der Waals surface area contributed by atoms with Gasteiger partial charge < -0.3 is 4.90 Å². The number of piperidine rings is 1. The third-order valence-corrected chi connectivity index (χ3v) is 4.25. The van der Waals surface area contributed by atoms with Gasteiger partial charge in [-0.05, 0) is 46.8 Å². The van der Waals surface area contributed by atoms with Crippen molar-refractivity contribution in [3.63, 3.8) is 0 Å². The van der Waals surface area contributed by atoms with Crippen LogP contribution in [0.1, 0.15) is 12.8 Å². The normalized spacial score (nSPS) is 18.1. The van der Waals surface area contributed by atoms with Gasteiger partial charge in [-0.1, -0.05) is 15.9 Å². The molecule has 0 unspecified atom stereocenters. The molecule has 0 spiro atoms. The van der Waals surface area contributed by atoms with Crippen LogP contribution in [0.25, 0.3) is 0 Å². The van der Waals surface area contributed by atoms with Crippen LogP contribution in [0.5, 0.6) is 0 Å². The van der Waals surface area contributed by atoms with Crippen molar-refractivity contribution in [3.05, 3.63) is 22.8 Å². The molecule has 1 fully saturated rings. The van der Waals surface area contributed by atoms with E-state index in [-0.39, 0.29) is 0 Å². The highest BCUT2D eigenvalue weighted by Crippen LogP contribution is 2.23. The summed E-state index contributed by atoms with van der Waals surface area (Å²) in [6.45, 7) is 2.26. The summed E-state index contributed by atoms with van der Waals surface area (Å²) in [5.41, 5.74) is 0. The smallest absolute Gasteiger partial charge is 0.128 e. The van der Waals surface area contributed by atoms with Crippen LogP contribution in [0.3, 0.4) is 0 Å². The maximum atomic E-state index is 4.42. The second-order valence-electron chi connectivity index (χ2n) is 3.92. The van der Waals surface area contributed by atoms with E-state index in [1.807, 2.05) is 6.20 Å². The Labute approximate surface area is 107 Å².